The van der Waals surface area contributed by atoms with Crippen LogP contribution in [0.3, 0.4) is 0 Å². The van der Waals surface area contributed by atoms with E-state index in [1.54, 1.807) is 50.2 Å². The van der Waals surface area contributed by atoms with Crippen molar-refractivity contribution in [3.63, 3.8) is 0 Å². The van der Waals surface area contributed by atoms with Gasteiger partial charge in [-0.25, -0.2) is 8.42 Å². The first kappa shape index (κ1) is 24.6. The molecule has 0 amide bonds. The Labute approximate surface area is 180 Å². The highest BCUT2D eigenvalue weighted by Crippen LogP contribution is 2.51. The SMILES string of the molecule is CCOP(=O)(Cc1ccc(NS(=O)(=O)c2ccc(C(C)(C)CC)cc2)cc1)OCC. The van der Waals surface area contributed by atoms with Crippen molar-refractivity contribution in [2.24, 2.45) is 0 Å². The summed E-state index contributed by atoms with van der Waals surface area (Å²) < 4.78 is 51.3. The van der Waals surface area contributed by atoms with Crippen LogP contribution in [-0.4, -0.2) is 21.6 Å². The van der Waals surface area contributed by atoms with E-state index in [9.17, 15) is 13.0 Å². The first-order valence-electron chi connectivity index (χ1n) is 10.2. The van der Waals surface area contributed by atoms with Gasteiger partial charge in [-0.05, 0) is 61.1 Å². The van der Waals surface area contributed by atoms with E-state index in [1.807, 2.05) is 12.1 Å². The molecule has 166 valence electrons. The number of hydrogen-bond donors (Lipinski definition) is 1. The smallest absolute Gasteiger partial charge is 0.309 e. The molecule has 0 saturated heterocycles. The molecule has 2 aromatic rings. The summed E-state index contributed by atoms with van der Waals surface area (Å²) in [4.78, 5) is 0.208. The van der Waals surface area contributed by atoms with E-state index in [4.69, 9.17) is 9.05 Å². The van der Waals surface area contributed by atoms with Crippen molar-refractivity contribution in [2.75, 3.05) is 17.9 Å². The quantitative estimate of drug-likeness (QED) is 0.426. The van der Waals surface area contributed by atoms with Crippen molar-refractivity contribution in [3.05, 3.63) is 59.7 Å². The van der Waals surface area contributed by atoms with Crippen molar-refractivity contribution in [1.82, 2.24) is 0 Å². The van der Waals surface area contributed by atoms with E-state index >= 15 is 0 Å². The van der Waals surface area contributed by atoms with E-state index < -0.39 is 17.6 Å². The fourth-order valence-corrected chi connectivity index (χ4v) is 5.69. The van der Waals surface area contributed by atoms with Crippen LogP contribution in [0.15, 0.2) is 53.4 Å². The van der Waals surface area contributed by atoms with E-state index in [-0.39, 0.29) is 16.5 Å². The number of sulfonamides is 1. The molecule has 0 aromatic heterocycles. The van der Waals surface area contributed by atoms with Gasteiger partial charge in [-0.3, -0.25) is 9.29 Å². The minimum Gasteiger partial charge on any atom is -0.309 e. The van der Waals surface area contributed by atoms with Crippen LogP contribution in [0, 0.1) is 0 Å². The van der Waals surface area contributed by atoms with Crippen LogP contribution < -0.4 is 4.72 Å². The molecular weight excluding hydrogens is 421 g/mol. The number of rotatable bonds is 11. The second-order valence-electron chi connectivity index (χ2n) is 7.67. The normalized spacial score (nSPS) is 12.7. The highest BCUT2D eigenvalue weighted by Gasteiger charge is 2.24. The monoisotopic (exact) mass is 453 g/mol. The second-order valence-corrected chi connectivity index (χ2v) is 11.4. The van der Waals surface area contributed by atoms with Crippen molar-refractivity contribution >= 4 is 23.3 Å². The maximum Gasteiger partial charge on any atom is 0.335 e. The Morgan fingerprint density at radius 1 is 0.900 bits per heavy atom. The molecule has 0 atom stereocenters. The second kappa shape index (κ2) is 10.1. The highest BCUT2D eigenvalue weighted by atomic mass is 32.2. The molecule has 0 bridgehead atoms. The van der Waals surface area contributed by atoms with Gasteiger partial charge in [0.05, 0.1) is 24.3 Å². The molecule has 0 radical (unpaired) electrons. The summed E-state index contributed by atoms with van der Waals surface area (Å²) in [6.45, 7) is 10.5. The summed E-state index contributed by atoms with van der Waals surface area (Å²) >= 11 is 0. The molecule has 1 N–H and O–H groups in total. The van der Waals surface area contributed by atoms with Crippen LogP contribution >= 0.6 is 7.60 Å². The van der Waals surface area contributed by atoms with Crippen LogP contribution in [0.4, 0.5) is 5.69 Å². The number of nitrogens with one attached hydrogen (secondary N) is 1. The van der Waals surface area contributed by atoms with Gasteiger partial charge >= 0.3 is 7.60 Å². The van der Waals surface area contributed by atoms with Crippen molar-refractivity contribution in [3.8, 4) is 0 Å². The molecule has 0 heterocycles. The third-order valence-corrected chi connectivity index (χ3v) is 8.52. The lowest BCUT2D eigenvalue weighted by Gasteiger charge is -2.23. The Balaban J connectivity index is 2.13. The lowest BCUT2D eigenvalue weighted by Crippen LogP contribution is -2.17. The van der Waals surface area contributed by atoms with Crippen LogP contribution in [-0.2, 0) is 35.2 Å². The van der Waals surface area contributed by atoms with Gasteiger partial charge in [0.2, 0.25) is 0 Å². The van der Waals surface area contributed by atoms with Crippen molar-refractivity contribution < 1.29 is 22.0 Å². The standard InChI is InChI=1S/C22H32NO5PS/c1-6-22(4,5)19-11-15-21(16-12-19)30(25,26)23-20-13-9-18(10-14-20)17-29(24,27-7-2)28-8-3/h9-16,23H,6-8,17H2,1-5H3. The average molecular weight is 454 g/mol. The Bertz CT molecular complexity index is 960. The van der Waals surface area contributed by atoms with E-state index in [0.29, 0.717) is 18.9 Å². The number of benzene rings is 2. The first-order valence-corrected chi connectivity index (χ1v) is 13.4. The van der Waals surface area contributed by atoms with Gasteiger partial charge in [-0.1, -0.05) is 45.0 Å². The molecule has 0 saturated carbocycles. The lowest BCUT2D eigenvalue weighted by atomic mass is 9.82. The van der Waals surface area contributed by atoms with Crippen LogP contribution in [0.2, 0.25) is 0 Å². The van der Waals surface area contributed by atoms with E-state index in [1.165, 1.54) is 0 Å². The van der Waals surface area contributed by atoms with Crippen LogP contribution in [0.25, 0.3) is 0 Å². The van der Waals surface area contributed by atoms with Crippen molar-refractivity contribution in [1.29, 1.82) is 0 Å². The van der Waals surface area contributed by atoms with Gasteiger partial charge in [0, 0.05) is 5.69 Å². The summed E-state index contributed by atoms with van der Waals surface area (Å²) in [5.41, 5.74) is 2.27. The Morgan fingerprint density at radius 2 is 1.43 bits per heavy atom. The molecule has 0 aliphatic rings. The van der Waals surface area contributed by atoms with Gasteiger partial charge in [-0.15, -0.1) is 0 Å². The summed E-state index contributed by atoms with van der Waals surface area (Å²) in [7, 11) is -6.91. The topological polar surface area (TPSA) is 81.7 Å². The molecule has 6 nitrogen and oxygen atoms in total. The first-order chi connectivity index (χ1) is 14.0. The molecule has 0 aliphatic heterocycles. The van der Waals surface area contributed by atoms with Crippen LogP contribution in [0.1, 0.15) is 52.2 Å². The average Bonchev–Trinajstić information content (AvgIpc) is 2.69. The van der Waals surface area contributed by atoms with E-state index in [0.717, 1.165) is 17.5 Å². The third-order valence-electron chi connectivity index (χ3n) is 5.06. The maximum absolute atomic E-state index is 12.7. The van der Waals surface area contributed by atoms with Gasteiger partial charge < -0.3 is 9.05 Å². The maximum atomic E-state index is 12.7. The summed E-state index contributed by atoms with van der Waals surface area (Å²) in [5.74, 6) is 0. The zero-order chi connectivity index (χ0) is 22.4. The fraction of sp³-hybridized carbons (Fsp3) is 0.455. The predicted octanol–water partition coefficient (Wildman–Crippen LogP) is 5.94. The summed E-state index contributed by atoms with van der Waals surface area (Å²) in [6, 6.07) is 13.7. The van der Waals surface area contributed by atoms with Gasteiger partial charge in [0.1, 0.15) is 0 Å². The van der Waals surface area contributed by atoms with Crippen LogP contribution in [0.5, 0.6) is 0 Å². The summed E-state index contributed by atoms with van der Waals surface area (Å²) in [5, 5.41) is 0. The zero-order valence-electron chi connectivity index (χ0n) is 18.3. The van der Waals surface area contributed by atoms with Gasteiger partial charge in [0.15, 0.2) is 0 Å². The highest BCUT2D eigenvalue weighted by molar-refractivity contribution is 7.92. The largest absolute Gasteiger partial charge is 0.335 e. The molecule has 2 rings (SSSR count). The molecule has 2 aromatic carbocycles. The van der Waals surface area contributed by atoms with E-state index in [2.05, 4.69) is 25.5 Å². The Morgan fingerprint density at radius 3 is 1.90 bits per heavy atom. The van der Waals surface area contributed by atoms with Gasteiger partial charge in [0.25, 0.3) is 10.0 Å². The Kier molecular flexibility index (Phi) is 8.28. The molecule has 0 unspecified atom stereocenters. The zero-order valence-corrected chi connectivity index (χ0v) is 20.1. The molecule has 0 spiro atoms. The predicted molar refractivity (Wildman–Crippen MR) is 122 cm³/mol. The van der Waals surface area contributed by atoms with Gasteiger partial charge in [-0.2, -0.15) is 0 Å². The minimum absolute atomic E-state index is 0.00598. The minimum atomic E-state index is -3.70. The number of anilines is 1. The molecule has 8 heteroatoms. The molecular formula is C22H32NO5PS. The molecule has 0 fully saturated rings. The molecule has 0 aliphatic carbocycles. The summed E-state index contributed by atoms with van der Waals surface area (Å²) in [6.07, 6.45) is 1.10. The lowest BCUT2D eigenvalue weighted by molar-refractivity contribution is 0.219. The fourth-order valence-electron chi connectivity index (χ4n) is 2.93. The third kappa shape index (κ3) is 6.42. The number of hydrogen-bond acceptors (Lipinski definition) is 5. The molecule has 30 heavy (non-hydrogen) atoms. The van der Waals surface area contributed by atoms with Crippen molar-refractivity contribution in [2.45, 2.75) is 57.5 Å². The Hall–Kier alpha value is -1.66.